The van der Waals surface area contributed by atoms with Crippen molar-refractivity contribution in [1.29, 1.82) is 0 Å². The lowest BCUT2D eigenvalue weighted by atomic mass is 10.2. The zero-order valence-electron chi connectivity index (χ0n) is 13.6. The molecule has 0 unspecified atom stereocenters. The SMILES string of the molecule is CN1C[C@H](O)C[C@H]1c1nnc2n1CCN(C(=O)c1ccsc1)CC2. The quantitative estimate of drug-likeness (QED) is 0.869. The summed E-state index contributed by atoms with van der Waals surface area (Å²) in [5.41, 5.74) is 0.761. The van der Waals surface area contributed by atoms with Crippen molar-refractivity contribution in [2.45, 2.75) is 31.5 Å². The number of aliphatic hydroxyl groups is 1. The Labute approximate surface area is 144 Å². The minimum absolute atomic E-state index is 0.0879. The van der Waals surface area contributed by atoms with Crippen LogP contribution in [0.15, 0.2) is 16.8 Å². The van der Waals surface area contributed by atoms with Crippen LogP contribution in [-0.2, 0) is 13.0 Å². The molecule has 7 nitrogen and oxygen atoms in total. The van der Waals surface area contributed by atoms with Gasteiger partial charge in [0, 0.05) is 38.0 Å². The van der Waals surface area contributed by atoms with Crippen LogP contribution in [0.25, 0.3) is 0 Å². The van der Waals surface area contributed by atoms with E-state index in [9.17, 15) is 9.90 Å². The molecule has 24 heavy (non-hydrogen) atoms. The standard InChI is InChI=1S/C16H21N5O2S/c1-19-9-12(22)8-13(19)15-18-17-14-2-4-20(5-6-21(14)15)16(23)11-3-7-24-10-11/h3,7,10,12-13,22H,2,4-6,8-9H2,1H3/t12-,13+/m1/s1. The number of β-amino-alcohol motifs (C(OH)–C–C–N with tert-alkyl or cyclic N) is 1. The zero-order chi connectivity index (χ0) is 16.7. The zero-order valence-corrected chi connectivity index (χ0v) is 14.4. The van der Waals surface area contributed by atoms with Crippen LogP contribution in [0.1, 0.15) is 34.5 Å². The second kappa shape index (κ2) is 6.27. The van der Waals surface area contributed by atoms with Crippen LogP contribution >= 0.6 is 11.3 Å². The van der Waals surface area contributed by atoms with Crippen LogP contribution < -0.4 is 0 Å². The van der Waals surface area contributed by atoms with E-state index in [-0.39, 0.29) is 18.1 Å². The molecule has 2 atom stereocenters. The Morgan fingerprint density at radius 1 is 1.33 bits per heavy atom. The van der Waals surface area contributed by atoms with E-state index < -0.39 is 0 Å². The molecule has 0 bridgehead atoms. The lowest BCUT2D eigenvalue weighted by Gasteiger charge is -2.21. The van der Waals surface area contributed by atoms with Crippen LogP contribution in [0.5, 0.6) is 0 Å². The van der Waals surface area contributed by atoms with Crippen LogP contribution in [-0.4, -0.2) is 68.4 Å². The first-order chi connectivity index (χ1) is 11.6. The van der Waals surface area contributed by atoms with E-state index >= 15 is 0 Å². The summed E-state index contributed by atoms with van der Waals surface area (Å²) in [5.74, 6) is 1.93. The van der Waals surface area contributed by atoms with Gasteiger partial charge in [0.2, 0.25) is 0 Å². The second-order valence-electron chi connectivity index (χ2n) is 6.53. The Morgan fingerprint density at radius 3 is 2.92 bits per heavy atom. The molecule has 2 aliphatic heterocycles. The van der Waals surface area contributed by atoms with Crippen molar-refractivity contribution in [3.8, 4) is 0 Å². The Morgan fingerprint density at radius 2 is 2.21 bits per heavy atom. The van der Waals surface area contributed by atoms with Crippen molar-refractivity contribution < 1.29 is 9.90 Å². The highest BCUT2D eigenvalue weighted by atomic mass is 32.1. The number of rotatable bonds is 2. The first-order valence-electron chi connectivity index (χ1n) is 8.25. The third kappa shape index (κ3) is 2.74. The molecule has 1 saturated heterocycles. The summed E-state index contributed by atoms with van der Waals surface area (Å²) in [7, 11) is 2.01. The van der Waals surface area contributed by atoms with Crippen molar-refractivity contribution in [1.82, 2.24) is 24.6 Å². The largest absolute Gasteiger partial charge is 0.392 e. The average Bonchev–Trinajstić information content (AvgIpc) is 3.25. The monoisotopic (exact) mass is 347 g/mol. The van der Waals surface area contributed by atoms with Crippen LogP contribution in [0.2, 0.25) is 0 Å². The van der Waals surface area contributed by atoms with Gasteiger partial charge in [0.05, 0.1) is 17.7 Å². The number of likely N-dealkylation sites (N-methyl/N-ethyl adjacent to an activating group) is 1. The minimum Gasteiger partial charge on any atom is -0.392 e. The average molecular weight is 347 g/mol. The third-order valence-corrected chi connectivity index (χ3v) is 5.62. The van der Waals surface area contributed by atoms with E-state index in [4.69, 9.17) is 0 Å². The summed E-state index contributed by atoms with van der Waals surface area (Å²) < 4.78 is 2.14. The number of fused-ring (bicyclic) bond motifs is 1. The van der Waals surface area contributed by atoms with Crippen molar-refractivity contribution in [2.24, 2.45) is 0 Å². The van der Waals surface area contributed by atoms with Gasteiger partial charge in [-0.2, -0.15) is 11.3 Å². The molecule has 4 rings (SSSR count). The van der Waals surface area contributed by atoms with Crippen molar-refractivity contribution >= 4 is 17.2 Å². The minimum atomic E-state index is -0.310. The van der Waals surface area contributed by atoms with Gasteiger partial charge in [-0.15, -0.1) is 10.2 Å². The third-order valence-electron chi connectivity index (χ3n) is 4.93. The first-order valence-corrected chi connectivity index (χ1v) is 9.19. The predicted octanol–water partition coefficient (Wildman–Crippen LogP) is 0.776. The molecule has 1 amide bonds. The summed E-state index contributed by atoms with van der Waals surface area (Å²) >= 11 is 1.54. The van der Waals surface area contributed by atoms with E-state index in [2.05, 4.69) is 19.7 Å². The maximum absolute atomic E-state index is 12.6. The molecule has 2 aromatic rings. The van der Waals surface area contributed by atoms with Crippen molar-refractivity contribution in [3.63, 3.8) is 0 Å². The van der Waals surface area contributed by atoms with Gasteiger partial charge >= 0.3 is 0 Å². The summed E-state index contributed by atoms with van der Waals surface area (Å²) in [6, 6.07) is 1.97. The molecule has 2 aliphatic rings. The van der Waals surface area contributed by atoms with E-state index in [0.29, 0.717) is 39.0 Å². The molecule has 1 N–H and O–H groups in total. The van der Waals surface area contributed by atoms with Crippen molar-refractivity contribution in [2.75, 3.05) is 26.7 Å². The summed E-state index contributed by atoms with van der Waals surface area (Å²) in [6.07, 6.45) is 1.09. The van der Waals surface area contributed by atoms with Gasteiger partial charge in [-0.3, -0.25) is 9.69 Å². The highest BCUT2D eigenvalue weighted by Crippen LogP contribution is 2.30. The molecule has 2 aromatic heterocycles. The molecule has 0 aliphatic carbocycles. The highest BCUT2D eigenvalue weighted by Gasteiger charge is 2.34. The summed E-state index contributed by atoms with van der Waals surface area (Å²) in [5, 5.41) is 22.5. The fourth-order valence-electron chi connectivity index (χ4n) is 3.64. The van der Waals surface area contributed by atoms with E-state index in [0.717, 1.165) is 17.2 Å². The number of aromatic nitrogens is 3. The first kappa shape index (κ1) is 15.7. The fraction of sp³-hybridized carbons (Fsp3) is 0.562. The smallest absolute Gasteiger partial charge is 0.254 e. The molecule has 0 radical (unpaired) electrons. The van der Waals surface area contributed by atoms with E-state index in [1.165, 1.54) is 0 Å². The Balaban J connectivity index is 1.53. The summed E-state index contributed by atoms with van der Waals surface area (Å²) in [6.45, 7) is 2.69. The lowest BCUT2D eigenvalue weighted by molar-refractivity contribution is 0.0759. The lowest BCUT2D eigenvalue weighted by Crippen LogP contribution is -2.33. The number of thiophene rings is 1. The summed E-state index contributed by atoms with van der Waals surface area (Å²) in [4.78, 5) is 16.6. The van der Waals surface area contributed by atoms with E-state index in [1.807, 2.05) is 28.8 Å². The van der Waals surface area contributed by atoms with Gasteiger partial charge in [0.15, 0.2) is 5.82 Å². The molecule has 4 heterocycles. The number of hydrogen-bond acceptors (Lipinski definition) is 6. The molecule has 0 saturated carbocycles. The van der Waals surface area contributed by atoms with Gasteiger partial charge < -0.3 is 14.6 Å². The molecule has 1 fully saturated rings. The van der Waals surface area contributed by atoms with Crippen molar-refractivity contribution in [3.05, 3.63) is 34.0 Å². The Hall–Kier alpha value is -1.77. The normalized spacial score (nSPS) is 24.8. The topological polar surface area (TPSA) is 74.5 Å². The maximum atomic E-state index is 12.6. The molecular formula is C16H21N5O2S. The van der Waals surface area contributed by atoms with Gasteiger partial charge in [-0.1, -0.05) is 0 Å². The number of amides is 1. The molecule has 128 valence electrons. The second-order valence-corrected chi connectivity index (χ2v) is 7.31. The molecular weight excluding hydrogens is 326 g/mol. The fourth-order valence-corrected chi connectivity index (χ4v) is 4.27. The predicted molar refractivity (Wildman–Crippen MR) is 89.9 cm³/mol. The number of likely N-dealkylation sites (tertiary alicyclic amines) is 1. The molecule has 8 heteroatoms. The molecule has 0 spiro atoms. The van der Waals surface area contributed by atoms with Crippen LogP contribution in [0, 0.1) is 0 Å². The van der Waals surface area contributed by atoms with Gasteiger partial charge in [0.1, 0.15) is 5.82 Å². The Kier molecular flexibility index (Phi) is 4.11. The van der Waals surface area contributed by atoms with Crippen LogP contribution in [0.4, 0.5) is 0 Å². The Bertz CT molecular complexity index is 729. The van der Waals surface area contributed by atoms with Gasteiger partial charge in [-0.25, -0.2) is 0 Å². The number of aliphatic hydroxyl groups excluding tert-OH is 1. The number of carbonyl (C=O) groups excluding carboxylic acids is 1. The number of hydrogen-bond donors (Lipinski definition) is 1. The van der Waals surface area contributed by atoms with Crippen LogP contribution in [0.3, 0.4) is 0 Å². The van der Waals surface area contributed by atoms with Gasteiger partial charge in [0.25, 0.3) is 5.91 Å². The highest BCUT2D eigenvalue weighted by molar-refractivity contribution is 7.08. The van der Waals surface area contributed by atoms with Gasteiger partial charge in [-0.05, 0) is 24.9 Å². The number of carbonyl (C=O) groups is 1. The maximum Gasteiger partial charge on any atom is 0.254 e. The molecule has 0 aromatic carbocycles. The van der Waals surface area contributed by atoms with E-state index in [1.54, 1.807) is 11.3 Å². The number of nitrogens with zero attached hydrogens (tertiary/aromatic N) is 5.